The lowest BCUT2D eigenvalue weighted by molar-refractivity contribution is -0.384. The smallest absolute Gasteiger partial charge is 0.325 e. The van der Waals surface area contributed by atoms with Gasteiger partial charge in [0.25, 0.3) is 10.1 Å². The number of benzene rings is 2. The highest BCUT2D eigenvalue weighted by Gasteiger charge is 2.63. The molecule has 1 aliphatic rings. The van der Waals surface area contributed by atoms with Gasteiger partial charge in [-0.05, 0) is 29.8 Å². The van der Waals surface area contributed by atoms with Gasteiger partial charge < -0.3 is 19.1 Å². The maximum atomic E-state index is 13.7. The van der Waals surface area contributed by atoms with Crippen LogP contribution in [0.4, 0.5) is 17.1 Å². The van der Waals surface area contributed by atoms with E-state index in [1.54, 1.807) is 31.1 Å². The molecule has 0 bridgehead atoms. The van der Waals surface area contributed by atoms with Gasteiger partial charge in [0.05, 0.1) is 32.3 Å². The molecular weight excluding hydrogens is 572 g/mol. The van der Waals surface area contributed by atoms with Gasteiger partial charge in [-0.3, -0.25) is 25.1 Å². The van der Waals surface area contributed by atoms with Gasteiger partial charge in [-0.2, -0.15) is 5.10 Å². The first-order chi connectivity index (χ1) is 18.7. The van der Waals surface area contributed by atoms with E-state index in [1.165, 1.54) is 25.3 Å². The fourth-order valence-electron chi connectivity index (χ4n) is 4.16. The van der Waals surface area contributed by atoms with E-state index in [1.807, 2.05) is 0 Å². The van der Waals surface area contributed by atoms with Crippen LogP contribution in [0.3, 0.4) is 0 Å². The van der Waals surface area contributed by atoms with E-state index in [9.17, 15) is 36.5 Å². The Hall–Kier alpha value is -4.25. The number of carbonyl (C=O) groups excluding carboxylic acids is 2. The average molecular weight is 599 g/mol. The summed E-state index contributed by atoms with van der Waals surface area (Å²) in [6, 6.07) is 9.25. The molecule has 1 N–H and O–H groups in total. The van der Waals surface area contributed by atoms with Gasteiger partial charge in [-0.1, -0.05) is 12.1 Å². The topological polar surface area (TPSA) is 201 Å². The summed E-state index contributed by atoms with van der Waals surface area (Å²) in [7, 11) is -3.84. The van der Waals surface area contributed by atoms with Gasteiger partial charge in [0.1, 0.15) is 11.4 Å². The molecule has 3 rings (SSSR count). The molecule has 1 fully saturated rings. The van der Waals surface area contributed by atoms with Gasteiger partial charge in [-0.15, -0.1) is 0 Å². The summed E-state index contributed by atoms with van der Waals surface area (Å²) in [5, 5.41) is 10.5. The quantitative estimate of drug-likeness (QED) is 0.257. The molecule has 2 aromatic carbocycles. The molecule has 15 nitrogen and oxygen atoms in total. The monoisotopic (exact) mass is 598 g/mol. The molecule has 0 amide bonds. The van der Waals surface area contributed by atoms with Crippen molar-refractivity contribution in [3.05, 3.63) is 58.1 Å². The Bertz CT molecular complexity index is 1510. The number of hydrogen-bond acceptors (Lipinski definition) is 14. The van der Waals surface area contributed by atoms with Crippen molar-refractivity contribution in [3.8, 4) is 5.75 Å². The van der Waals surface area contributed by atoms with E-state index in [2.05, 4.69) is 10.5 Å². The predicted octanol–water partition coefficient (Wildman–Crippen LogP) is 1.06. The predicted molar refractivity (Wildman–Crippen MR) is 144 cm³/mol. The molecule has 2 atom stereocenters. The van der Waals surface area contributed by atoms with Crippen molar-refractivity contribution in [1.82, 2.24) is 0 Å². The Kier molecular flexibility index (Phi) is 8.69. The van der Waals surface area contributed by atoms with E-state index >= 15 is 0 Å². The number of nitrogens with one attached hydrogen (secondary N) is 1. The number of carbonyl (C=O) groups is 2. The Morgan fingerprint density at radius 3 is 1.88 bits per heavy atom. The summed E-state index contributed by atoms with van der Waals surface area (Å²) in [4.78, 5) is 38.2. The fourth-order valence-corrected chi connectivity index (χ4v) is 9.06. The largest absolute Gasteiger partial charge is 0.496 e. The molecule has 0 spiro atoms. The zero-order chi connectivity index (χ0) is 30.0. The summed E-state index contributed by atoms with van der Waals surface area (Å²) in [6.45, 7) is 0. The maximum absolute atomic E-state index is 13.7. The van der Waals surface area contributed by atoms with Crippen LogP contribution in [0, 0.1) is 10.1 Å². The van der Waals surface area contributed by atoms with Gasteiger partial charge in [-0.25, -0.2) is 16.8 Å². The first-order valence-electron chi connectivity index (χ1n) is 11.3. The van der Waals surface area contributed by atoms with Crippen LogP contribution in [-0.2, 0) is 38.7 Å². The van der Waals surface area contributed by atoms with Gasteiger partial charge in [0.2, 0.25) is 19.7 Å². The Morgan fingerprint density at radius 2 is 1.45 bits per heavy atom. The summed E-state index contributed by atoms with van der Waals surface area (Å²) >= 11 is 0. The zero-order valence-electron chi connectivity index (χ0n) is 21.9. The van der Waals surface area contributed by atoms with Crippen molar-refractivity contribution in [2.45, 2.75) is 16.4 Å². The molecule has 1 heterocycles. The lowest BCUT2D eigenvalue weighted by atomic mass is 9.91. The van der Waals surface area contributed by atoms with E-state index in [0.717, 1.165) is 26.4 Å². The second kappa shape index (κ2) is 11.5. The normalized spacial score (nSPS) is 21.0. The van der Waals surface area contributed by atoms with E-state index in [-0.39, 0.29) is 11.3 Å². The molecular formula is C23H26N4O11S2. The van der Waals surface area contributed by atoms with Crippen LogP contribution in [0.15, 0.2) is 47.6 Å². The van der Waals surface area contributed by atoms with Gasteiger partial charge in [0.15, 0.2) is 10.5 Å². The second-order valence-corrected chi connectivity index (χ2v) is 12.8. The highest BCUT2D eigenvalue weighted by atomic mass is 32.3. The van der Waals surface area contributed by atoms with E-state index in [0.29, 0.717) is 5.69 Å². The molecule has 2 aromatic rings. The minimum atomic E-state index is -5.19. The summed E-state index contributed by atoms with van der Waals surface area (Å²) in [6.07, 6.45) is 0. The summed E-state index contributed by atoms with van der Waals surface area (Å²) in [5.41, 5.74) is 1.76. The van der Waals surface area contributed by atoms with Gasteiger partial charge >= 0.3 is 11.9 Å². The zero-order valence-corrected chi connectivity index (χ0v) is 23.6. The molecule has 0 aliphatic carbocycles. The minimum Gasteiger partial charge on any atom is -0.496 e. The molecule has 17 heteroatoms. The van der Waals surface area contributed by atoms with Crippen molar-refractivity contribution in [3.63, 3.8) is 0 Å². The summed E-state index contributed by atoms with van der Waals surface area (Å²) in [5.74, 6) is -4.40. The standard InChI is InChI=1S/C23H26N4O11S2/c1-26(2)14-8-6-13(7-9-14)18-19(21(28)37-4)39(32,33)23(40(34,35)20(18)22(29)38-5)25-24-16-11-10-15(36-3)12-17(16)27(30)31/h6-12,18-20,24H,1-5H3. The maximum Gasteiger partial charge on any atom is 0.325 e. The highest BCUT2D eigenvalue weighted by molar-refractivity contribution is 8.32. The first-order valence-corrected chi connectivity index (χ1v) is 14.4. The van der Waals surface area contributed by atoms with Crippen LogP contribution in [-0.4, -0.2) is 84.0 Å². The summed E-state index contributed by atoms with van der Waals surface area (Å²) < 4.78 is 67.6. The van der Waals surface area contributed by atoms with E-state index in [4.69, 9.17) is 14.2 Å². The van der Waals surface area contributed by atoms with E-state index < -0.39 is 68.7 Å². The lowest BCUT2D eigenvalue weighted by Crippen LogP contribution is -2.58. The molecule has 40 heavy (non-hydrogen) atoms. The average Bonchev–Trinajstić information content (AvgIpc) is 2.91. The lowest BCUT2D eigenvalue weighted by Gasteiger charge is -2.35. The second-order valence-electron chi connectivity index (χ2n) is 8.62. The minimum absolute atomic E-state index is 0.0290. The van der Waals surface area contributed by atoms with Crippen molar-refractivity contribution in [1.29, 1.82) is 0 Å². The van der Waals surface area contributed by atoms with Crippen LogP contribution in [0.25, 0.3) is 0 Å². The van der Waals surface area contributed by atoms with Crippen LogP contribution in [0.5, 0.6) is 5.75 Å². The molecule has 2 unspecified atom stereocenters. The fraction of sp³-hybridized carbons (Fsp3) is 0.348. The number of methoxy groups -OCH3 is 3. The number of anilines is 2. The number of sulfone groups is 2. The van der Waals surface area contributed by atoms with Crippen LogP contribution in [0.1, 0.15) is 11.5 Å². The third-order valence-electron chi connectivity index (χ3n) is 6.14. The molecule has 0 radical (unpaired) electrons. The van der Waals surface area contributed by atoms with Crippen molar-refractivity contribution < 1.29 is 45.6 Å². The highest BCUT2D eigenvalue weighted by Crippen LogP contribution is 2.41. The third kappa shape index (κ3) is 5.42. The number of ether oxygens (including phenoxy) is 3. The first kappa shape index (κ1) is 30.3. The number of hydrazone groups is 1. The molecule has 216 valence electrons. The Labute approximate surface area is 229 Å². The number of hydrogen-bond donors (Lipinski definition) is 1. The number of rotatable bonds is 8. The van der Waals surface area contributed by atoms with Gasteiger partial charge in [0, 0.05) is 25.7 Å². The van der Waals surface area contributed by atoms with Crippen LogP contribution < -0.4 is 15.1 Å². The van der Waals surface area contributed by atoms with Crippen molar-refractivity contribution >= 4 is 53.1 Å². The number of nitrogens with zero attached hydrogens (tertiary/aromatic N) is 3. The van der Waals surface area contributed by atoms with Crippen LogP contribution in [0.2, 0.25) is 0 Å². The number of esters is 2. The van der Waals surface area contributed by atoms with Crippen molar-refractivity contribution in [2.75, 3.05) is 45.8 Å². The molecule has 0 aromatic heterocycles. The third-order valence-corrected chi connectivity index (χ3v) is 11.0. The number of nitro groups is 1. The molecule has 1 aliphatic heterocycles. The van der Waals surface area contributed by atoms with Crippen molar-refractivity contribution in [2.24, 2.45) is 5.10 Å². The Balaban J connectivity index is 2.28. The Morgan fingerprint density at radius 1 is 0.925 bits per heavy atom. The van der Waals surface area contributed by atoms with Crippen LogP contribution >= 0.6 is 0 Å². The molecule has 1 saturated heterocycles. The molecule has 0 saturated carbocycles. The SMILES string of the molecule is COC(=O)C1C(c2ccc(N(C)C)cc2)C(C(=O)OC)S(=O)(=O)C(=NNc2ccc(OC)cc2[N+](=O)[O-])S1(=O)=O. The number of nitro benzene ring substituents is 1.